The van der Waals surface area contributed by atoms with Gasteiger partial charge in [-0.25, -0.2) is 0 Å². The molecule has 0 spiro atoms. The van der Waals surface area contributed by atoms with E-state index in [0.717, 1.165) is 28.2 Å². The number of hydrogen-bond donors (Lipinski definition) is 2. The minimum absolute atomic E-state index is 0.00382. The topological polar surface area (TPSA) is 82.0 Å². The maximum Gasteiger partial charge on any atom is 0.237 e. The molecule has 6 nitrogen and oxygen atoms in total. The van der Waals surface area contributed by atoms with E-state index in [1.807, 2.05) is 74.7 Å². The standard InChI is InChI=1S/C12H15NO2.C10H11N.C8H7NO/c1-12(2)9-5-3-4-6-10(9)13(7-8-14)11(12)15;1-10(2)7-11-9-6-4-3-5-8(9)10;10-8-5-6-3-1-2-4-7(6)9-8/h3-6,14H,7-8H2,1-2H3;3-7H,1-2H3;1-4H,5H2,(H,9,10). The summed E-state index contributed by atoms with van der Waals surface area (Å²) in [5.74, 6) is 0.166. The number of para-hydroxylation sites is 3. The Bertz CT molecular complexity index is 1280. The van der Waals surface area contributed by atoms with Gasteiger partial charge in [-0.05, 0) is 48.7 Å². The summed E-state index contributed by atoms with van der Waals surface area (Å²) < 4.78 is 0. The van der Waals surface area contributed by atoms with E-state index in [1.54, 1.807) is 4.90 Å². The average molecular weight is 484 g/mol. The van der Waals surface area contributed by atoms with E-state index in [1.165, 1.54) is 5.56 Å². The first-order valence-corrected chi connectivity index (χ1v) is 12.2. The van der Waals surface area contributed by atoms with Crippen LogP contribution in [0.4, 0.5) is 17.1 Å². The minimum atomic E-state index is -0.467. The van der Waals surface area contributed by atoms with E-state index in [2.05, 4.69) is 42.4 Å². The zero-order valence-corrected chi connectivity index (χ0v) is 21.3. The van der Waals surface area contributed by atoms with Crippen LogP contribution >= 0.6 is 0 Å². The van der Waals surface area contributed by atoms with Crippen molar-refractivity contribution in [2.24, 2.45) is 4.99 Å². The number of rotatable bonds is 2. The third-order valence-corrected chi connectivity index (χ3v) is 6.74. The second kappa shape index (κ2) is 10.1. The number of amides is 2. The summed E-state index contributed by atoms with van der Waals surface area (Å²) in [5, 5.41) is 11.7. The van der Waals surface area contributed by atoms with Crippen molar-refractivity contribution < 1.29 is 14.7 Å². The van der Waals surface area contributed by atoms with Crippen LogP contribution in [0.1, 0.15) is 44.4 Å². The van der Waals surface area contributed by atoms with Crippen molar-refractivity contribution in [3.8, 4) is 0 Å². The van der Waals surface area contributed by atoms with E-state index in [-0.39, 0.29) is 23.8 Å². The van der Waals surface area contributed by atoms with Gasteiger partial charge in [0.05, 0.1) is 24.1 Å². The number of carbonyl (C=O) groups excluding carboxylic acids is 2. The molecule has 2 amide bonds. The van der Waals surface area contributed by atoms with Crippen molar-refractivity contribution >= 4 is 35.1 Å². The molecule has 36 heavy (non-hydrogen) atoms. The highest BCUT2D eigenvalue weighted by Crippen LogP contribution is 2.41. The molecule has 3 aromatic carbocycles. The molecule has 0 aromatic heterocycles. The molecule has 6 heteroatoms. The molecular weight excluding hydrogens is 450 g/mol. The van der Waals surface area contributed by atoms with Gasteiger partial charge in [-0.3, -0.25) is 14.6 Å². The van der Waals surface area contributed by atoms with Crippen molar-refractivity contribution in [1.82, 2.24) is 0 Å². The molecular formula is C30H33N3O3. The molecule has 3 heterocycles. The first kappa shape index (κ1) is 25.3. The van der Waals surface area contributed by atoms with Gasteiger partial charge in [-0.1, -0.05) is 68.4 Å². The zero-order valence-electron chi connectivity index (χ0n) is 21.3. The Morgan fingerprint density at radius 1 is 0.889 bits per heavy atom. The molecule has 0 saturated carbocycles. The number of nitrogens with one attached hydrogen (secondary N) is 1. The fourth-order valence-corrected chi connectivity index (χ4v) is 4.72. The number of fused-ring (bicyclic) bond motifs is 3. The second-order valence-electron chi connectivity index (χ2n) is 10.2. The van der Waals surface area contributed by atoms with Crippen LogP contribution in [0.2, 0.25) is 0 Å². The lowest BCUT2D eigenvalue weighted by atomic mass is 9.86. The lowest BCUT2D eigenvalue weighted by Gasteiger charge is -2.19. The normalized spacial score (nSPS) is 17.2. The van der Waals surface area contributed by atoms with Crippen molar-refractivity contribution in [2.45, 2.75) is 44.9 Å². The molecule has 0 unspecified atom stereocenters. The maximum absolute atomic E-state index is 12.1. The van der Waals surface area contributed by atoms with E-state index in [4.69, 9.17) is 5.11 Å². The fourth-order valence-electron chi connectivity index (χ4n) is 4.72. The molecule has 3 aromatic rings. The Morgan fingerprint density at radius 2 is 1.53 bits per heavy atom. The van der Waals surface area contributed by atoms with Crippen LogP contribution in [0.15, 0.2) is 77.8 Å². The van der Waals surface area contributed by atoms with Gasteiger partial charge >= 0.3 is 0 Å². The summed E-state index contributed by atoms with van der Waals surface area (Å²) >= 11 is 0. The number of hydrogen-bond acceptors (Lipinski definition) is 4. The van der Waals surface area contributed by atoms with Crippen LogP contribution < -0.4 is 10.2 Å². The van der Waals surface area contributed by atoms with Gasteiger partial charge in [0.15, 0.2) is 0 Å². The van der Waals surface area contributed by atoms with Gasteiger partial charge in [0.25, 0.3) is 0 Å². The van der Waals surface area contributed by atoms with Crippen molar-refractivity contribution in [2.75, 3.05) is 23.4 Å². The van der Waals surface area contributed by atoms with Crippen LogP contribution in [0.25, 0.3) is 0 Å². The predicted molar refractivity (Wildman–Crippen MR) is 145 cm³/mol. The summed E-state index contributed by atoms with van der Waals surface area (Å²) in [6.45, 7) is 8.58. The molecule has 186 valence electrons. The van der Waals surface area contributed by atoms with Crippen LogP contribution in [-0.4, -0.2) is 36.3 Å². The van der Waals surface area contributed by atoms with E-state index in [0.29, 0.717) is 13.0 Å². The second-order valence-corrected chi connectivity index (χ2v) is 10.2. The summed E-state index contributed by atoms with van der Waals surface area (Å²) in [4.78, 5) is 28.9. The Morgan fingerprint density at radius 3 is 2.22 bits per heavy atom. The number of nitrogens with zero attached hydrogens (tertiary/aromatic N) is 2. The number of aliphatic imine (C=N–C) groups is 1. The van der Waals surface area contributed by atoms with Gasteiger partial charge in [0.2, 0.25) is 11.8 Å². The van der Waals surface area contributed by atoms with Crippen LogP contribution in [0, 0.1) is 0 Å². The summed E-state index contributed by atoms with van der Waals surface area (Å²) in [6, 6.07) is 23.8. The summed E-state index contributed by atoms with van der Waals surface area (Å²) in [5.41, 5.74) is 6.17. The first-order valence-electron chi connectivity index (χ1n) is 12.2. The molecule has 6 rings (SSSR count). The van der Waals surface area contributed by atoms with E-state index in [9.17, 15) is 9.59 Å². The number of carbonyl (C=O) groups is 2. The molecule has 3 aliphatic rings. The molecule has 0 radical (unpaired) electrons. The van der Waals surface area contributed by atoms with Crippen LogP contribution in [-0.2, 0) is 26.8 Å². The maximum atomic E-state index is 12.1. The Kier molecular flexibility index (Phi) is 7.09. The van der Waals surface area contributed by atoms with Gasteiger partial charge in [0.1, 0.15) is 0 Å². The summed E-state index contributed by atoms with van der Waals surface area (Å²) in [7, 11) is 0. The molecule has 0 bridgehead atoms. The number of aliphatic hydroxyl groups excluding tert-OH is 1. The highest BCUT2D eigenvalue weighted by atomic mass is 16.3. The zero-order chi connectivity index (χ0) is 25.9. The molecule has 0 atom stereocenters. The lowest BCUT2D eigenvalue weighted by Crippen LogP contribution is -2.37. The van der Waals surface area contributed by atoms with Crippen molar-refractivity contribution in [3.63, 3.8) is 0 Å². The van der Waals surface area contributed by atoms with Crippen LogP contribution in [0.5, 0.6) is 0 Å². The van der Waals surface area contributed by atoms with E-state index < -0.39 is 5.41 Å². The van der Waals surface area contributed by atoms with Gasteiger partial charge in [-0.15, -0.1) is 0 Å². The monoisotopic (exact) mass is 483 g/mol. The Labute approximate surface area is 212 Å². The highest BCUT2D eigenvalue weighted by Gasteiger charge is 2.43. The van der Waals surface area contributed by atoms with E-state index >= 15 is 0 Å². The number of β-amino-alcohol motifs (C(OH)–C–C–N with tert-alkyl or cyclic N) is 1. The molecule has 0 aliphatic carbocycles. The third kappa shape index (κ3) is 4.95. The van der Waals surface area contributed by atoms with Crippen molar-refractivity contribution in [1.29, 1.82) is 0 Å². The average Bonchev–Trinajstić information content (AvgIpc) is 3.46. The van der Waals surface area contributed by atoms with Crippen molar-refractivity contribution in [3.05, 3.63) is 89.5 Å². The number of anilines is 2. The predicted octanol–water partition coefficient (Wildman–Crippen LogP) is 5.16. The number of benzene rings is 3. The first-order chi connectivity index (χ1) is 17.1. The molecule has 0 saturated heterocycles. The lowest BCUT2D eigenvalue weighted by molar-refractivity contribution is -0.122. The smallest absolute Gasteiger partial charge is 0.237 e. The van der Waals surface area contributed by atoms with Gasteiger partial charge < -0.3 is 15.3 Å². The number of aliphatic hydroxyl groups is 1. The Hall–Kier alpha value is -3.77. The molecule has 3 aliphatic heterocycles. The largest absolute Gasteiger partial charge is 0.395 e. The SMILES string of the molecule is CC1(C)C(=O)N(CCO)c2ccccc21.CC1(C)C=Nc2ccccc21.O=C1Cc2ccccc2N1. The summed E-state index contributed by atoms with van der Waals surface area (Å²) in [6.07, 6.45) is 2.55. The fraction of sp³-hybridized carbons (Fsp3) is 0.300. The quantitative estimate of drug-likeness (QED) is 0.528. The third-order valence-electron chi connectivity index (χ3n) is 6.74. The van der Waals surface area contributed by atoms with Crippen LogP contribution in [0.3, 0.4) is 0 Å². The molecule has 0 fully saturated rings. The minimum Gasteiger partial charge on any atom is -0.395 e. The molecule has 2 N–H and O–H groups in total. The highest BCUT2D eigenvalue weighted by molar-refractivity contribution is 6.07. The Balaban J connectivity index is 0.000000130. The van der Waals surface area contributed by atoms with Gasteiger partial charge in [-0.2, -0.15) is 0 Å². The van der Waals surface area contributed by atoms with Gasteiger partial charge in [0, 0.05) is 29.5 Å².